The van der Waals surface area contributed by atoms with Gasteiger partial charge < -0.3 is 10.1 Å². The minimum absolute atomic E-state index is 0.275. The minimum atomic E-state index is -0.633. The van der Waals surface area contributed by atoms with Crippen LogP contribution in [-0.2, 0) is 11.3 Å². The van der Waals surface area contributed by atoms with Crippen molar-refractivity contribution in [2.75, 3.05) is 13.1 Å². The quantitative estimate of drug-likeness (QED) is 0.841. The average Bonchev–Trinajstić information content (AvgIpc) is 2.98. The van der Waals surface area contributed by atoms with E-state index >= 15 is 0 Å². The molecule has 28 heavy (non-hydrogen) atoms. The van der Waals surface area contributed by atoms with E-state index in [2.05, 4.69) is 10.2 Å². The summed E-state index contributed by atoms with van der Waals surface area (Å²) < 4.78 is 33.5. The molecule has 0 spiro atoms. The minimum Gasteiger partial charge on any atom is -0.444 e. The number of amides is 1. The molecule has 4 nitrogen and oxygen atoms in total. The maximum Gasteiger partial charge on any atom is 0.407 e. The SMILES string of the molecule is CC(C)(C)OC(=O)NC1CN(Cc2ccccc2)CC1c1cc(F)ccc1F. The number of rotatable bonds is 4. The summed E-state index contributed by atoms with van der Waals surface area (Å²) in [5, 5.41) is 2.85. The molecule has 6 heteroatoms. The van der Waals surface area contributed by atoms with E-state index in [0.29, 0.717) is 19.6 Å². The maximum atomic E-state index is 14.4. The fourth-order valence-corrected chi connectivity index (χ4v) is 3.58. The number of likely N-dealkylation sites (tertiary alicyclic amines) is 1. The number of hydrogen-bond acceptors (Lipinski definition) is 3. The summed E-state index contributed by atoms with van der Waals surface area (Å²) in [6.07, 6.45) is -0.555. The molecule has 150 valence electrons. The van der Waals surface area contributed by atoms with Crippen molar-refractivity contribution in [2.24, 2.45) is 0 Å². The summed E-state index contributed by atoms with van der Waals surface area (Å²) in [7, 11) is 0. The Morgan fingerprint density at radius 2 is 1.86 bits per heavy atom. The van der Waals surface area contributed by atoms with E-state index < -0.39 is 23.3 Å². The van der Waals surface area contributed by atoms with E-state index in [1.807, 2.05) is 30.3 Å². The zero-order valence-electron chi connectivity index (χ0n) is 16.4. The molecule has 3 rings (SSSR count). The lowest BCUT2D eigenvalue weighted by Gasteiger charge is -2.24. The average molecular weight is 388 g/mol. The number of nitrogens with zero attached hydrogens (tertiary/aromatic N) is 1. The molecule has 2 aromatic carbocycles. The highest BCUT2D eigenvalue weighted by Gasteiger charge is 2.37. The molecule has 1 heterocycles. The van der Waals surface area contributed by atoms with Crippen LogP contribution in [0.3, 0.4) is 0 Å². The van der Waals surface area contributed by atoms with Gasteiger partial charge in [-0.05, 0) is 50.1 Å². The molecule has 2 atom stereocenters. The predicted octanol–water partition coefficient (Wildman–Crippen LogP) is 4.46. The topological polar surface area (TPSA) is 41.6 Å². The van der Waals surface area contributed by atoms with Gasteiger partial charge >= 0.3 is 6.09 Å². The van der Waals surface area contributed by atoms with E-state index in [1.54, 1.807) is 20.8 Å². The lowest BCUT2D eigenvalue weighted by Crippen LogP contribution is -2.42. The first-order valence-corrected chi connectivity index (χ1v) is 9.42. The van der Waals surface area contributed by atoms with Gasteiger partial charge in [0.2, 0.25) is 0 Å². The van der Waals surface area contributed by atoms with Crippen LogP contribution in [0, 0.1) is 11.6 Å². The predicted molar refractivity (Wildman–Crippen MR) is 104 cm³/mol. The summed E-state index contributed by atoms with van der Waals surface area (Å²) in [6, 6.07) is 13.0. The molecule has 0 saturated carbocycles. The van der Waals surface area contributed by atoms with Crippen molar-refractivity contribution in [3.8, 4) is 0 Å². The highest BCUT2D eigenvalue weighted by molar-refractivity contribution is 5.68. The fourth-order valence-electron chi connectivity index (χ4n) is 3.58. The number of ether oxygens (including phenoxy) is 1. The molecule has 0 aliphatic carbocycles. The maximum absolute atomic E-state index is 14.4. The van der Waals surface area contributed by atoms with Gasteiger partial charge in [0, 0.05) is 25.6 Å². The van der Waals surface area contributed by atoms with Crippen LogP contribution in [0.5, 0.6) is 0 Å². The molecule has 1 amide bonds. The number of alkyl carbamates (subject to hydrolysis) is 1. The largest absolute Gasteiger partial charge is 0.444 e. The van der Waals surface area contributed by atoms with Gasteiger partial charge in [-0.2, -0.15) is 0 Å². The number of nitrogens with one attached hydrogen (secondary N) is 1. The third-order valence-electron chi connectivity index (χ3n) is 4.70. The molecule has 0 aromatic heterocycles. The monoisotopic (exact) mass is 388 g/mol. The van der Waals surface area contributed by atoms with Crippen molar-refractivity contribution in [3.05, 3.63) is 71.3 Å². The Labute approximate surface area is 164 Å². The summed E-state index contributed by atoms with van der Waals surface area (Å²) in [6.45, 7) is 7.05. The molecular weight excluding hydrogens is 362 g/mol. The van der Waals surface area contributed by atoms with E-state index in [9.17, 15) is 13.6 Å². The number of carbonyl (C=O) groups excluding carboxylic acids is 1. The normalized spacial score (nSPS) is 20.2. The number of benzene rings is 2. The molecule has 1 aliphatic rings. The first-order chi connectivity index (χ1) is 13.2. The van der Waals surface area contributed by atoms with Crippen LogP contribution >= 0.6 is 0 Å². The second kappa shape index (κ2) is 8.27. The number of halogens is 2. The highest BCUT2D eigenvalue weighted by atomic mass is 19.1. The van der Waals surface area contributed by atoms with Crippen LogP contribution in [0.4, 0.5) is 13.6 Å². The van der Waals surface area contributed by atoms with Crippen molar-refractivity contribution < 1.29 is 18.3 Å². The van der Waals surface area contributed by atoms with Gasteiger partial charge in [0.15, 0.2) is 0 Å². The number of hydrogen-bond donors (Lipinski definition) is 1. The van der Waals surface area contributed by atoms with Gasteiger partial charge in [0.05, 0.1) is 6.04 Å². The van der Waals surface area contributed by atoms with Crippen LogP contribution in [0.2, 0.25) is 0 Å². The Morgan fingerprint density at radius 1 is 1.14 bits per heavy atom. The van der Waals surface area contributed by atoms with E-state index in [1.165, 1.54) is 6.07 Å². The zero-order chi connectivity index (χ0) is 20.3. The molecule has 1 saturated heterocycles. The lowest BCUT2D eigenvalue weighted by atomic mass is 9.94. The second-order valence-corrected chi connectivity index (χ2v) is 8.20. The molecule has 1 fully saturated rings. The van der Waals surface area contributed by atoms with Gasteiger partial charge in [0.1, 0.15) is 17.2 Å². The van der Waals surface area contributed by atoms with Crippen LogP contribution in [-0.4, -0.2) is 35.7 Å². The third kappa shape index (κ3) is 5.29. The summed E-state index contributed by atoms with van der Waals surface area (Å²) in [5.74, 6) is -1.33. The smallest absolute Gasteiger partial charge is 0.407 e. The Balaban J connectivity index is 1.80. The molecule has 2 unspecified atom stereocenters. The fraction of sp³-hybridized carbons (Fsp3) is 0.409. The molecule has 1 aliphatic heterocycles. The van der Waals surface area contributed by atoms with Crippen LogP contribution in [0.15, 0.2) is 48.5 Å². The van der Waals surface area contributed by atoms with Gasteiger partial charge in [-0.1, -0.05) is 30.3 Å². The van der Waals surface area contributed by atoms with E-state index in [-0.39, 0.29) is 17.5 Å². The molecule has 0 bridgehead atoms. The molecular formula is C22H26F2N2O2. The highest BCUT2D eigenvalue weighted by Crippen LogP contribution is 2.31. The van der Waals surface area contributed by atoms with Crippen molar-refractivity contribution in [3.63, 3.8) is 0 Å². The number of carbonyl (C=O) groups is 1. The van der Waals surface area contributed by atoms with Crippen molar-refractivity contribution >= 4 is 6.09 Å². The van der Waals surface area contributed by atoms with Gasteiger partial charge in [0.25, 0.3) is 0 Å². The van der Waals surface area contributed by atoms with Crippen LogP contribution in [0.1, 0.15) is 37.8 Å². The van der Waals surface area contributed by atoms with Crippen molar-refractivity contribution in [1.29, 1.82) is 0 Å². The van der Waals surface area contributed by atoms with Gasteiger partial charge in [-0.3, -0.25) is 4.90 Å². The van der Waals surface area contributed by atoms with E-state index in [0.717, 1.165) is 17.7 Å². The Morgan fingerprint density at radius 3 is 2.54 bits per heavy atom. The zero-order valence-corrected chi connectivity index (χ0v) is 16.4. The Kier molecular flexibility index (Phi) is 5.98. The lowest BCUT2D eigenvalue weighted by molar-refractivity contribution is 0.0502. The standard InChI is InChI=1S/C22H26F2N2O2/c1-22(2,3)28-21(27)25-20-14-26(12-15-7-5-4-6-8-15)13-18(20)17-11-16(23)9-10-19(17)24/h4-11,18,20H,12-14H2,1-3H3,(H,25,27). The molecule has 0 radical (unpaired) electrons. The van der Waals surface area contributed by atoms with Crippen molar-refractivity contribution in [2.45, 2.75) is 44.9 Å². The first-order valence-electron chi connectivity index (χ1n) is 9.42. The Hall–Kier alpha value is -2.47. The molecule has 1 N–H and O–H groups in total. The second-order valence-electron chi connectivity index (χ2n) is 8.20. The van der Waals surface area contributed by atoms with Crippen molar-refractivity contribution in [1.82, 2.24) is 10.2 Å². The molecule has 2 aromatic rings. The first kappa shape index (κ1) is 20.3. The Bertz CT molecular complexity index is 821. The van der Waals surface area contributed by atoms with Gasteiger partial charge in [-0.15, -0.1) is 0 Å². The third-order valence-corrected chi connectivity index (χ3v) is 4.70. The van der Waals surface area contributed by atoms with Gasteiger partial charge in [-0.25, -0.2) is 13.6 Å². The summed E-state index contributed by atoms with van der Waals surface area (Å²) >= 11 is 0. The van der Waals surface area contributed by atoms with E-state index in [4.69, 9.17) is 4.74 Å². The van der Waals surface area contributed by atoms with Crippen LogP contribution < -0.4 is 5.32 Å². The summed E-state index contributed by atoms with van der Waals surface area (Å²) in [4.78, 5) is 14.4. The summed E-state index contributed by atoms with van der Waals surface area (Å²) in [5.41, 5.74) is 0.766. The van der Waals surface area contributed by atoms with Crippen LogP contribution in [0.25, 0.3) is 0 Å².